The number of methoxy groups -OCH3 is 1. The van der Waals surface area contributed by atoms with E-state index in [1.807, 2.05) is 35.1 Å². The Morgan fingerprint density at radius 2 is 1.62 bits per heavy atom. The number of amides is 2. The number of hydrogen-bond donors (Lipinski definition) is 5. The lowest BCUT2D eigenvalue weighted by Crippen LogP contribution is -2.52. The molecule has 0 saturated heterocycles. The number of thiophene rings is 1. The van der Waals surface area contributed by atoms with E-state index < -0.39 is 34.4 Å². The summed E-state index contributed by atoms with van der Waals surface area (Å²) in [5, 5.41) is 8.42. The molecule has 0 aliphatic rings. The Kier molecular flexibility index (Phi) is 11.1. The average Bonchev–Trinajstić information content (AvgIpc) is 3.47. The van der Waals surface area contributed by atoms with Crippen molar-refractivity contribution in [2.45, 2.75) is 24.9 Å². The molecule has 11 nitrogen and oxygen atoms in total. The molecule has 212 valence electrons. The summed E-state index contributed by atoms with van der Waals surface area (Å²) in [6, 6.07) is 16.8. The van der Waals surface area contributed by atoms with E-state index in [0.29, 0.717) is 10.4 Å². The summed E-state index contributed by atoms with van der Waals surface area (Å²) < 4.78 is 37.8. The van der Waals surface area contributed by atoms with Gasteiger partial charge in [-0.05, 0) is 41.1 Å². The van der Waals surface area contributed by atoms with Gasteiger partial charge in [0.1, 0.15) is 6.04 Å². The minimum Gasteiger partial charge on any atom is -0.453 e. The van der Waals surface area contributed by atoms with Gasteiger partial charge in [-0.15, -0.1) is 11.3 Å². The van der Waals surface area contributed by atoms with Crippen LogP contribution in [0.2, 0.25) is 0 Å². The Hall–Kier alpha value is -3.85. The first-order valence-electron chi connectivity index (χ1n) is 11.8. The maximum Gasteiger partial charge on any atom is 0.407 e. The quantitative estimate of drug-likeness (QED) is 0.194. The number of ether oxygens (including phenoxy) is 1. The number of anilines is 1. The van der Waals surface area contributed by atoms with E-state index in [-0.39, 0.29) is 29.3 Å². The van der Waals surface area contributed by atoms with Crippen molar-refractivity contribution in [1.29, 1.82) is 0 Å². The fraction of sp³-hybridized carbons (Fsp3) is 0.192. The monoisotopic (exact) mass is 604 g/mol. The highest BCUT2D eigenvalue weighted by molar-refractivity contribution is 8.16. The van der Waals surface area contributed by atoms with Crippen LogP contribution in [-0.2, 0) is 32.7 Å². The topological polar surface area (TPSA) is 177 Å². The fourth-order valence-corrected chi connectivity index (χ4v) is 5.41. The van der Waals surface area contributed by atoms with E-state index in [9.17, 15) is 22.8 Å². The molecular weight excluding hydrogens is 577 g/mol. The van der Waals surface area contributed by atoms with Gasteiger partial charge in [0.25, 0.3) is 0 Å². The number of nitrogens with two attached hydrogens (primary N) is 1. The van der Waals surface area contributed by atoms with Gasteiger partial charge in [0.15, 0.2) is 0 Å². The van der Waals surface area contributed by atoms with Crippen molar-refractivity contribution in [3.8, 4) is 0 Å². The van der Waals surface area contributed by atoms with Crippen LogP contribution in [0.5, 0.6) is 0 Å². The van der Waals surface area contributed by atoms with E-state index in [1.54, 1.807) is 29.6 Å². The molecular formula is C26H28N4O7S3. The number of nitrogens with one attached hydrogen (secondary N) is 3. The van der Waals surface area contributed by atoms with E-state index >= 15 is 0 Å². The molecule has 0 fully saturated rings. The van der Waals surface area contributed by atoms with Gasteiger partial charge in [0, 0.05) is 17.5 Å². The van der Waals surface area contributed by atoms with Crippen LogP contribution < -0.4 is 21.1 Å². The number of hydrogen-bond acceptors (Lipinski definition) is 9. The fourth-order valence-electron chi connectivity index (χ4n) is 3.53. The number of alkyl carbamates (subject to hydrolysis) is 1. The third-order valence-electron chi connectivity index (χ3n) is 5.46. The van der Waals surface area contributed by atoms with Crippen LogP contribution in [0, 0.1) is 0 Å². The smallest absolute Gasteiger partial charge is 0.407 e. The van der Waals surface area contributed by atoms with Gasteiger partial charge in [0.05, 0.1) is 23.7 Å². The van der Waals surface area contributed by atoms with Gasteiger partial charge in [-0.25, -0.2) is 4.79 Å². The molecule has 2 aromatic carbocycles. The number of rotatable bonds is 12. The Bertz CT molecular complexity index is 1430. The van der Waals surface area contributed by atoms with Crippen molar-refractivity contribution in [3.63, 3.8) is 0 Å². The molecule has 6 N–H and O–H groups in total. The molecule has 1 aromatic heterocycles. The molecule has 3 aromatic rings. The van der Waals surface area contributed by atoms with Gasteiger partial charge in [-0.3, -0.25) is 18.9 Å². The first kappa shape index (κ1) is 30.7. The van der Waals surface area contributed by atoms with Crippen molar-refractivity contribution in [2.24, 2.45) is 5.73 Å². The molecule has 0 saturated carbocycles. The summed E-state index contributed by atoms with van der Waals surface area (Å²) in [4.78, 5) is 38.4. The van der Waals surface area contributed by atoms with Crippen LogP contribution in [0.1, 0.15) is 20.8 Å². The SMILES string of the molecule is COC(=O)N[C@@H](Cc1ccccc1)C(=O)NC(Cc1ccc(NS(=O)(=O)O)cc1)/C(N)=C/SC(=O)c1cccs1. The maximum atomic E-state index is 13.4. The average molecular weight is 605 g/mol. The van der Waals surface area contributed by atoms with E-state index in [4.69, 9.17) is 15.0 Å². The first-order valence-corrected chi connectivity index (χ1v) is 15.0. The summed E-state index contributed by atoms with van der Waals surface area (Å²) >= 11 is 2.17. The van der Waals surface area contributed by atoms with Crippen molar-refractivity contribution in [1.82, 2.24) is 10.6 Å². The molecule has 0 bridgehead atoms. The van der Waals surface area contributed by atoms with Crippen molar-refractivity contribution in [3.05, 3.63) is 99.2 Å². The van der Waals surface area contributed by atoms with Gasteiger partial charge in [0.2, 0.25) is 11.0 Å². The highest BCUT2D eigenvalue weighted by Gasteiger charge is 2.25. The molecule has 0 spiro atoms. The highest BCUT2D eigenvalue weighted by atomic mass is 32.2. The van der Waals surface area contributed by atoms with Crippen molar-refractivity contribution < 1.29 is 32.1 Å². The molecule has 40 heavy (non-hydrogen) atoms. The second kappa shape index (κ2) is 14.5. The Morgan fingerprint density at radius 3 is 2.23 bits per heavy atom. The standard InChI is InChI=1S/C26H28N4O7S3/c1-37-26(33)29-22(15-17-6-3-2-4-7-17)24(31)28-21(20(27)16-39-25(32)23-8-5-13-38-23)14-18-9-11-19(12-10-18)30-40(34,35)36/h2-13,16,21-22,30H,14-15,27H2,1H3,(H,28,31)(H,29,33)(H,34,35,36)/b20-16-/t21?,22-/m0/s1. The molecule has 0 aliphatic heterocycles. The van der Waals surface area contributed by atoms with Crippen LogP contribution >= 0.6 is 23.1 Å². The molecule has 2 amide bonds. The van der Waals surface area contributed by atoms with Crippen LogP contribution in [0.3, 0.4) is 0 Å². The van der Waals surface area contributed by atoms with Crippen LogP contribution in [0.25, 0.3) is 0 Å². The third-order valence-corrected chi connectivity index (χ3v) is 7.78. The summed E-state index contributed by atoms with van der Waals surface area (Å²) in [5.41, 5.74) is 8.15. The van der Waals surface area contributed by atoms with Crippen LogP contribution in [0.4, 0.5) is 10.5 Å². The van der Waals surface area contributed by atoms with E-state index in [0.717, 1.165) is 17.3 Å². The summed E-state index contributed by atoms with van der Waals surface area (Å²) in [7, 11) is -3.25. The predicted octanol–water partition coefficient (Wildman–Crippen LogP) is 3.33. The summed E-state index contributed by atoms with van der Waals surface area (Å²) in [6.07, 6.45) is -0.431. The summed E-state index contributed by atoms with van der Waals surface area (Å²) in [6.45, 7) is 0. The largest absolute Gasteiger partial charge is 0.453 e. The molecule has 1 unspecified atom stereocenters. The zero-order valence-electron chi connectivity index (χ0n) is 21.3. The minimum atomic E-state index is -4.44. The Balaban J connectivity index is 1.83. The zero-order chi connectivity index (χ0) is 29.1. The van der Waals surface area contributed by atoms with Gasteiger partial charge < -0.3 is 21.1 Å². The number of carbonyl (C=O) groups excluding carboxylic acids is 3. The second-order valence-electron chi connectivity index (χ2n) is 8.42. The Labute approximate surface area is 240 Å². The third kappa shape index (κ3) is 10.0. The van der Waals surface area contributed by atoms with Crippen molar-refractivity contribution in [2.75, 3.05) is 11.8 Å². The lowest BCUT2D eigenvalue weighted by Gasteiger charge is -2.24. The summed E-state index contributed by atoms with van der Waals surface area (Å²) in [5.74, 6) is -0.533. The van der Waals surface area contributed by atoms with Crippen LogP contribution in [-0.4, -0.2) is 49.3 Å². The first-order chi connectivity index (χ1) is 19.0. The van der Waals surface area contributed by atoms with Crippen molar-refractivity contribution >= 4 is 56.2 Å². The predicted molar refractivity (Wildman–Crippen MR) is 155 cm³/mol. The zero-order valence-corrected chi connectivity index (χ0v) is 23.7. The van der Waals surface area contributed by atoms with E-state index in [1.165, 1.54) is 36.0 Å². The molecule has 3 rings (SSSR count). The van der Waals surface area contributed by atoms with Crippen LogP contribution in [0.15, 0.2) is 83.2 Å². The van der Waals surface area contributed by atoms with Gasteiger partial charge in [-0.1, -0.05) is 60.3 Å². The lowest BCUT2D eigenvalue weighted by atomic mass is 10.0. The number of carbonyl (C=O) groups is 3. The molecule has 1 heterocycles. The number of benzene rings is 2. The maximum absolute atomic E-state index is 13.4. The highest BCUT2D eigenvalue weighted by Crippen LogP contribution is 2.21. The number of thioether (sulfide) groups is 1. The molecule has 0 aliphatic carbocycles. The van der Waals surface area contributed by atoms with Gasteiger partial charge >= 0.3 is 16.4 Å². The van der Waals surface area contributed by atoms with E-state index in [2.05, 4.69) is 10.6 Å². The van der Waals surface area contributed by atoms with Gasteiger partial charge in [-0.2, -0.15) is 8.42 Å². The Morgan fingerprint density at radius 1 is 0.975 bits per heavy atom. The normalized spacial score (nSPS) is 13.1. The molecule has 14 heteroatoms. The molecule has 2 atom stereocenters. The molecule has 0 radical (unpaired) electrons. The lowest BCUT2D eigenvalue weighted by molar-refractivity contribution is -0.123. The minimum absolute atomic E-state index is 0.137. The second-order valence-corrected chi connectivity index (χ2v) is 11.4.